The Bertz CT molecular complexity index is 686. The fourth-order valence-electron chi connectivity index (χ4n) is 1.68. The number of carboxylic acids is 1. The molecule has 2 aromatic carbocycles. The van der Waals surface area contributed by atoms with Gasteiger partial charge in [0, 0.05) is 14.3 Å². The van der Waals surface area contributed by atoms with Gasteiger partial charge in [0.25, 0.3) is 0 Å². The first kappa shape index (κ1) is 15.9. The molecule has 0 fully saturated rings. The first-order valence-corrected chi connectivity index (χ1v) is 7.26. The second-order valence-electron chi connectivity index (χ2n) is 4.07. The van der Waals surface area contributed by atoms with Crippen LogP contribution in [0.2, 0.25) is 0 Å². The summed E-state index contributed by atoms with van der Waals surface area (Å²) in [6, 6.07) is 10.3. The normalized spacial score (nSPS) is 11.4. The van der Waals surface area contributed by atoms with E-state index >= 15 is 0 Å². The lowest BCUT2D eigenvalue weighted by Gasteiger charge is -2.11. The van der Waals surface area contributed by atoms with Gasteiger partial charge in [-0.3, -0.25) is 0 Å². The van der Waals surface area contributed by atoms with Crippen LogP contribution < -0.4 is 0 Å². The Labute approximate surface area is 131 Å². The Hall–Kier alpha value is -1.47. The molecule has 2 aromatic rings. The Morgan fingerprint density at radius 1 is 1.10 bits per heavy atom. The lowest BCUT2D eigenvalue weighted by molar-refractivity contribution is -0.138. The Morgan fingerprint density at radius 2 is 1.76 bits per heavy atom. The third-order valence-electron chi connectivity index (χ3n) is 2.56. The zero-order chi connectivity index (χ0) is 15.6. The van der Waals surface area contributed by atoms with Gasteiger partial charge in [0.15, 0.2) is 0 Å². The quantitative estimate of drug-likeness (QED) is 0.787. The van der Waals surface area contributed by atoms with E-state index in [1.165, 1.54) is 17.8 Å². The van der Waals surface area contributed by atoms with E-state index in [2.05, 4.69) is 15.9 Å². The van der Waals surface area contributed by atoms with Gasteiger partial charge in [-0.05, 0) is 36.4 Å². The Balaban J connectivity index is 2.39. The zero-order valence-corrected chi connectivity index (χ0v) is 12.7. The minimum absolute atomic E-state index is 0.429. The van der Waals surface area contributed by atoms with Crippen molar-refractivity contribution in [2.45, 2.75) is 16.0 Å². The van der Waals surface area contributed by atoms with Crippen molar-refractivity contribution in [3.63, 3.8) is 0 Å². The van der Waals surface area contributed by atoms with E-state index in [9.17, 15) is 18.0 Å². The lowest BCUT2D eigenvalue weighted by Crippen LogP contribution is -2.12. The third-order valence-corrected chi connectivity index (χ3v) is 4.03. The summed E-state index contributed by atoms with van der Waals surface area (Å²) >= 11 is 4.49. The lowest BCUT2D eigenvalue weighted by atomic mass is 10.1. The van der Waals surface area contributed by atoms with Crippen LogP contribution in [0.15, 0.2) is 56.7 Å². The maximum atomic E-state index is 12.7. The highest BCUT2D eigenvalue weighted by Gasteiger charge is 2.35. The molecular formula is C14H8BrF3O2S. The van der Waals surface area contributed by atoms with Gasteiger partial charge in [0.2, 0.25) is 0 Å². The van der Waals surface area contributed by atoms with Crippen molar-refractivity contribution in [3.8, 4) is 0 Å². The van der Waals surface area contributed by atoms with Crippen molar-refractivity contribution in [2.24, 2.45) is 0 Å². The van der Waals surface area contributed by atoms with Gasteiger partial charge < -0.3 is 5.11 Å². The monoisotopic (exact) mass is 376 g/mol. The first-order valence-electron chi connectivity index (χ1n) is 5.65. The minimum Gasteiger partial charge on any atom is -0.478 e. The molecular weight excluding hydrogens is 369 g/mol. The van der Waals surface area contributed by atoms with E-state index in [1.54, 1.807) is 18.2 Å². The van der Waals surface area contributed by atoms with Crippen LogP contribution >= 0.6 is 27.7 Å². The van der Waals surface area contributed by atoms with Crippen LogP contribution in [0, 0.1) is 0 Å². The molecule has 2 nitrogen and oxygen atoms in total. The van der Waals surface area contributed by atoms with Gasteiger partial charge in [-0.2, -0.15) is 13.2 Å². The summed E-state index contributed by atoms with van der Waals surface area (Å²) in [6.45, 7) is 0. The maximum Gasteiger partial charge on any atom is 0.417 e. The number of halogens is 4. The molecule has 0 radical (unpaired) electrons. The van der Waals surface area contributed by atoms with Crippen LogP contribution in [0.3, 0.4) is 0 Å². The first-order chi connectivity index (χ1) is 9.77. The molecule has 0 amide bonds. The predicted octanol–water partition coefficient (Wildman–Crippen LogP) is 5.32. The van der Waals surface area contributed by atoms with Crippen LogP contribution in [0.5, 0.6) is 0 Å². The van der Waals surface area contributed by atoms with Gasteiger partial charge in [-0.1, -0.05) is 33.8 Å². The molecule has 2 rings (SSSR count). The van der Waals surface area contributed by atoms with Gasteiger partial charge >= 0.3 is 12.1 Å². The van der Waals surface area contributed by atoms with Gasteiger partial charge in [-0.15, -0.1) is 0 Å². The summed E-state index contributed by atoms with van der Waals surface area (Å²) in [4.78, 5) is 12.2. The molecule has 0 spiro atoms. The number of carbonyl (C=O) groups is 1. The second kappa shape index (κ2) is 6.11. The molecule has 0 unspecified atom stereocenters. The molecule has 0 heterocycles. The molecule has 21 heavy (non-hydrogen) atoms. The largest absolute Gasteiger partial charge is 0.478 e. The molecule has 7 heteroatoms. The minimum atomic E-state index is -4.69. The summed E-state index contributed by atoms with van der Waals surface area (Å²) in [5.74, 6) is -1.60. The number of aromatic carboxylic acids is 1. The second-order valence-corrected chi connectivity index (χ2v) is 6.13. The number of benzene rings is 2. The van der Waals surface area contributed by atoms with Crippen LogP contribution in [0.25, 0.3) is 0 Å². The van der Waals surface area contributed by atoms with Crippen molar-refractivity contribution >= 4 is 33.7 Å². The summed E-state index contributed by atoms with van der Waals surface area (Å²) in [6.07, 6.45) is -4.69. The smallest absolute Gasteiger partial charge is 0.417 e. The zero-order valence-electron chi connectivity index (χ0n) is 10.3. The van der Waals surface area contributed by atoms with Crippen molar-refractivity contribution < 1.29 is 23.1 Å². The summed E-state index contributed by atoms with van der Waals surface area (Å²) in [5.41, 5.74) is -1.89. The van der Waals surface area contributed by atoms with Crippen LogP contribution in [-0.2, 0) is 6.18 Å². The molecule has 0 saturated heterocycles. The maximum absolute atomic E-state index is 12.7. The van der Waals surface area contributed by atoms with E-state index in [1.807, 2.05) is 6.07 Å². The summed E-state index contributed by atoms with van der Waals surface area (Å²) in [7, 11) is 0. The third kappa shape index (κ3) is 4.01. The van der Waals surface area contributed by atoms with Gasteiger partial charge in [-0.25, -0.2) is 4.79 Å². The van der Waals surface area contributed by atoms with Crippen LogP contribution in [-0.4, -0.2) is 11.1 Å². The topological polar surface area (TPSA) is 37.3 Å². The van der Waals surface area contributed by atoms with Crippen LogP contribution in [0.4, 0.5) is 13.2 Å². The SMILES string of the molecule is O=C(O)c1cc(Sc2cccc(Br)c2)ccc1C(F)(F)F. The number of alkyl halides is 3. The van der Waals surface area contributed by atoms with E-state index in [-0.39, 0.29) is 0 Å². The number of carboxylic acid groups (broad SMARTS) is 1. The molecule has 110 valence electrons. The van der Waals surface area contributed by atoms with Crippen molar-refractivity contribution in [1.82, 2.24) is 0 Å². The average Bonchev–Trinajstić information content (AvgIpc) is 2.37. The molecule has 0 bridgehead atoms. The molecule has 1 N–H and O–H groups in total. The fraction of sp³-hybridized carbons (Fsp3) is 0.0714. The molecule has 0 aliphatic carbocycles. The van der Waals surface area contributed by atoms with E-state index < -0.39 is 23.3 Å². The number of rotatable bonds is 3. The standard InChI is InChI=1S/C14H8BrF3O2S/c15-8-2-1-3-9(6-8)21-10-4-5-12(14(16,17)18)11(7-10)13(19)20/h1-7H,(H,19,20). The molecule has 0 saturated carbocycles. The summed E-state index contributed by atoms with van der Waals surface area (Å²) in [5, 5.41) is 8.95. The molecule has 0 aliphatic rings. The van der Waals surface area contributed by atoms with E-state index in [0.29, 0.717) is 4.90 Å². The fourth-order valence-corrected chi connectivity index (χ4v) is 3.15. The molecule has 0 aliphatic heterocycles. The van der Waals surface area contributed by atoms with Gasteiger partial charge in [0.1, 0.15) is 0 Å². The van der Waals surface area contributed by atoms with Crippen molar-refractivity contribution in [1.29, 1.82) is 0 Å². The highest BCUT2D eigenvalue weighted by Crippen LogP contribution is 2.36. The predicted molar refractivity (Wildman–Crippen MR) is 76.7 cm³/mol. The molecule has 0 atom stereocenters. The molecule has 0 aromatic heterocycles. The average molecular weight is 377 g/mol. The van der Waals surface area contributed by atoms with E-state index in [0.717, 1.165) is 21.5 Å². The Morgan fingerprint density at radius 3 is 2.33 bits per heavy atom. The number of hydrogen-bond acceptors (Lipinski definition) is 2. The van der Waals surface area contributed by atoms with Crippen molar-refractivity contribution in [3.05, 3.63) is 58.1 Å². The highest BCUT2D eigenvalue weighted by molar-refractivity contribution is 9.10. The summed E-state index contributed by atoms with van der Waals surface area (Å²) < 4.78 is 39.1. The van der Waals surface area contributed by atoms with E-state index in [4.69, 9.17) is 5.11 Å². The van der Waals surface area contributed by atoms with Crippen molar-refractivity contribution in [2.75, 3.05) is 0 Å². The number of hydrogen-bond donors (Lipinski definition) is 1. The van der Waals surface area contributed by atoms with Gasteiger partial charge in [0.05, 0.1) is 11.1 Å². The Kier molecular flexibility index (Phi) is 4.63. The van der Waals surface area contributed by atoms with Crippen LogP contribution in [0.1, 0.15) is 15.9 Å². The highest BCUT2D eigenvalue weighted by atomic mass is 79.9.